The van der Waals surface area contributed by atoms with Crippen molar-refractivity contribution in [1.29, 1.82) is 0 Å². The molecule has 2 rings (SSSR count). The SMILES string of the molecule is NCC1(O)C[C@H]2C=C[C@@H]1C2. The second kappa shape index (κ2) is 1.83. The van der Waals surface area contributed by atoms with Gasteiger partial charge in [-0.25, -0.2) is 0 Å². The lowest BCUT2D eigenvalue weighted by atomic mass is 9.89. The molecule has 1 unspecified atom stereocenters. The van der Waals surface area contributed by atoms with Crippen LogP contribution in [0.2, 0.25) is 0 Å². The Morgan fingerprint density at radius 2 is 2.40 bits per heavy atom. The highest BCUT2D eigenvalue weighted by Crippen LogP contribution is 2.45. The number of hydrogen-bond acceptors (Lipinski definition) is 2. The Bertz CT molecular complexity index is 178. The largest absolute Gasteiger partial charge is 0.388 e. The number of aliphatic hydroxyl groups is 1. The first-order valence-corrected chi connectivity index (χ1v) is 3.85. The van der Waals surface area contributed by atoms with Gasteiger partial charge in [-0.3, -0.25) is 0 Å². The molecule has 0 amide bonds. The van der Waals surface area contributed by atoms with Crippen molar-refractivity contribution in [2.24, 2.45) is 17.6 Å². The van der Waals surface area contributed by atoms with Gasteiger partial charge in [0.15, 0.2) is 0 Å². The molecule has 2 heteroatoms. The summed E-state index contributed by atoms with van der Waals surface area (Å²) < 4.78 is 0. The predicted octanol–water partition coefficient (Wildman–Crippen LogP) is 0.272. The maximum atomic E-state index is 9.81. The maximum absolute atomic E-state index is 9.81. The molecule has 0 aromatic heterocycles. The first-order valence-electron chi connectivity index (χ1n) is 3.85. The number of fused-ring (bicyclic) bond motifs is 2. The van der Waals surface area contributed by atoms with Crippen molar-refractivity contribution in [3.63, 3.8) is 0 Å². The molecule has 3 atom stereocenters. The highest BCUT2D eigenvalue weighted by atomic mass is 16.3. The third-order valence-corrected chi connectivity index (χ3v) is 2.83. The van der Waals surface area contributed by atoms with E-state index < -0.39 is 5.60 Å². The Balaban J connectivity index is 2.22. The van der Waals surface area contributed by atoms with Crippen molar-refractivity contribution >= 4 is 0 Å². The van der Waals surface area contributed by atoms with Crippen LogP contribution >= 0.6 is 0 Å². The summed E-state index contributed by atoms with van der Waals surface area (Å²) in [7, 11) is 0. The van der Waals surface area contributed by atoms with Crippen LogP contribution in [0.3, 0.4) is 0 Å². The minimum atomic E-state index is -0.556. The molecule has 0 spiro atoms. The van der Waals surface area contributed by atoms with Crippen molar-refractivity contribution in [2.75, 3.05) is 6.54 Å². The number of nitrogens with two attached hydrogens (primary N) is 1. The standard InChI is InChI=1S/C8H13NO/c9-5-8(10)4-6-1-2-7(8)3-6/h1-2,6-7,10H,3-5,9H2/t6-,7+,8?/m0/s1. The van der Waals surface area contributed by atoms with Gasteiger partial charge in [-0.05, 0) is 18.8 Å². The highest BCUT2D eigenvalue weighted by Gasteiger charge is 2.45. The van der Waals surface area contributed by atoms with E-state index in [0.29, 0.717) is 18.4 Å². The third-order valence-electron chi connectivity index (χ3n) is 2.83. The number of rotatable bonds is 1. The molecule has 0 heterocycles. The third kappa shape index (κ3) is 0.662. The van der Waals surface area contributed by atoms with E-state index in [4.69, 9.17) is 5.73 Å². The van der Waals surface area contributed by atoms with Gasteiger partial charge in [-0.2, -0.15) is 0 Å². The van der Waals surface area contributed by atoms with E-state index >= 15 is 0 Å². The highest BCUT2D eigenvalue weighted by molar-refractivity contribution is 5.16. The molecule has 10 heavy (non-hydrogen) atoms. The normalized spacial score (nSPS) is 50.6. The van der Waals surface area contributed by atoms with Crippen LogP contribution in [0.4, 0.5) is 0 Å². The first kappa shape index (κ1) is 6.38. The Morgan fingerprint density at radius 1 is 1.60 bits per heavy atom. The molecule has 1 saturated carbocycles. The minimum absolute atomic E-state index is 0.350. The van der Waals surface area contributed by atoms with Crippen LogP contribution in [-0.4, -0.2) is 17.3 Å². The summed E-state index contributed by atoms with van der Waals surface area (Å²) in [5.41, 5.74) is 4.91. The zero-order valence-corrected chi connectivity index (χ0v) is 5.96. The topological polar surface area (TPSA) is 46.2 Å². The minimum Gasteiger partial charge on any atom is -0.388 e. The fraction of sp³-hybridized carbons (Fsp3) is 0.750. The van der Waals surface area contributed by atoms with Gasteiger partial charge >= 0.3 is 0 Å². The summed E-state index contributed by atoms with van der Waals surface area (Å²) in [4.78, 5) is 0. The summed E-state index contributed by atoms with van der Waals surface area (Å²) >= 11 is 0. The molecule has 2 aliphatic rings. The molecule has 3 N–H and O–H groups in total. The lowest BCUT2D eigenvalue weighted by Gasteiger charge is -2.27. The van der Waals surface area contributed by atoms with E-state index in [1.807, 2.05) is 0 Å². The van der Waals surface area contributed by atoms with Crippen LogP contribution in [0.5, 0.6) is 0 Å². The zero-order chi connectivity index (χ0) is 7.19. The average molecular weight is 139 g/mol. The van der Waals surface area contributed by atoms with Crippen molar-refractivity contribution in [3.05, 3.63) is 12.2 Å². The van der Waals surface area contributed by atoms with Gasteiger partial charge in [0.1, 0.15) is 0 Å². The molecule has 0 radical (unpaired) electrons. The van der Waals surface area contributed by atoms with Gasteiger partial charge in [0, 0.05) is 12.5 Å². The molecular formula is C8H13NO. The van der Waals surface area contributed by atoms with E-state index in [-0.39, 0.29) is 0 Å². The molecule has 0 saturated heterocycles. The van der Waals surface area contributed by atoms with Crippen molar-refractivity contribution in [2.45, 2.75) is 18.4 Å². The molecule has 56 valence electrons. The molecule has 1 fully saturated rings. The Morgan fingerprint density at radius 3 is 2.70 bits per heavy atom. The fourth-order valence-electron chi connectivity index (χ4n) is 2.16. The van der Waals surface area contributed by atoms with Gasteiger partial charge in [0.05, 0.1) is 5.60 Å². The fourth-order valence-corrected chi connectivity index (χ4v) is 2.16. The second-order valence-corrected chi connectivity index (χ2v) is 3.50. The maximum Gasteiger partial charge on any atom is 0.0837 e. The van der Waals surface area contributed by atoms with Crippen LogP contribution in [0.15, 0.2) is 12.2 Å². The van der Waals surface area contributed by atoms with Crippen molar-refractivity contribution in [1.82, 2.24) is 0 Å². The molecular weight excluding hydrogens is 126 g/mol. The average Bonchev–Trinajstić information content (AvgIpc) is 2.46. The molecule has 0 aromatic carbocycles. The Labute approximate surface area is 60.7 Å². The number of hydrogen-bond donors (Lipinski definition) is 2. The molecule has 2 bridgehead atoms. The quantitative estimate of drug-likeness (QED) is 0.512. The van der Waals surface area contributed by atoms with Gasteiger partial charge in [-0.15, -0.1) is 0 Å². The molecule has 0 aromatic rings. The summed E-state index contributed by atoms with van der Waals surface area (Å²) in [6.45, 7) is 0.415. The van der Waals surface area contributed by atoms with Crippen molar-refractivity contribution < 1.29 is 5.11 Å². The van der Waals surface area contributed by atoms with Crippen LogP contribution in [0, 0.1) is 11.8 Å². The Kier molecular flexibility index (Phi) is 1.17. The van der Waals surface area contributed by atoms with Crippen LogP contribution < -0.4 is 5.73 Å². The summed E-state index contributed by atoms with van der Waals surface area (Å²) in [5.74, 6) is 0.959. The van der Waals surface area contributed by atoms with Crippen LogP contribution in [-0.2, 0) is 0 Å². The lowest BCUT2D eigenvalue weighted by Crippen LogP contribution is -2.41. The van der Waals surface area contributed by atoms with E-state index in [1.54, 1.807) is 0 Å². The Hall–Kier alpha value is -0.340. The summed E-state index contributed by atoms with van der Waals surface area (Å²) in [5, 5.41) is 9.81. The smallest absolute Gasteiger partial charge is 0.0837 e. The molecule has 2 aliphatic carbocycles. The van der Waals surface area contributed by atoms with Gasteiger partial charge in [0.2, 0.25) is 0 Å². The monoisotopic (exact) mass is 139 g/mol. The van der Waals surface area contributed by atoms with Gasteiger partial charge in [-0.1, -0.05) is 12.2 Å². The van der Waals surface area contributed by atoms with Gasteiger partial charge < -0.3 is 10.8 Å². The van der Waals surface area contributed by atoms with E-state index in [9.17, 15) is 5.11 Å². The zero-order valence-electron chi connectivity index (χ0n) is 5.96. The summed E-state index contributed by atoms with van der Waals surface area (Å²) in [6.07, 6.45) is 6.31. The predicted molar refractivity (Wildman–Crippen MR) is 39.4 cm³/mol. The number of allylic oxidation sites excluding steroid dienone is 1. The summed E-state index contributed by atoms with van der Waals surface area (Å²) in [6, 6.07) is 0. The van der Waals surface area contributed by atoms with E-state index in [1.165, 1.54) is 0 Å². The van der Waals surface area contributed by atoms with Crippen LogP contribution in [0.25, 0.3) is 0 Å². The molecule has 2 nitrogen and oxygen atoms in total. The van der Waals surface area contributed by atoms with Crippen LogP contribution in [0.1, 0.15) is 12.8 Å². The lowest BCUT2D eigenvalue weighted by molar-refractivity contribution is 0.0240. The van der Waals surface area contributed by atoms with E-state index in [2.05, 4.69) is 12.2 Å². The first-order chi connectivity index (χ1) is 4.74. The van der Waals surface area contributed by atoms with E-state index in [0.717, 1.165) is 12.8 Å². The van der Waals surface area contributed by atoms with Gasteiger partial charge in [0.25, 0.3) is 0 Å². The molecule has 0 aliphatic heterocycles. The second-order valence-electron chi connectivity index (χ2n) is 3.50. The van der Waals surface area contributed by atoms with Crippen molar-refractivity contribution in [3.8, 4) is 0 Å².